The van der Waals surface area contributed by atoms with Crippen LogP contribution in [0.15, 0.2) is 18.2 Å². The molecule has 1 aromatic rings. The fourth-order valence-corrected chi connectivity index (χ4v) is 1.58. The quantitative estimate of drug-likeness (QED) is 0.803. The second-order valence-corrected chi connectivity index (χ2v) is 3.48. The topological polar surface area (TPSA) is 58.6 Å². The molecule has 0 unspecified atom stereocenters. The van der Waals surface area contributed by atoms with Gasteiger partial charge < -0.3 is 15.2 Å². The molecule has 1 aromatic carbocycles. The number of hydrogen-bond acceptors (Lipinski definition) is 2. The van der Waals surface area contributed by atoms with E-state index in [1.165, 1.54) is 0 Å². The van der Waals surface area contributed by atoms with E-state index < -0.39 is 6.09 Å². The van der Waals surface area contributed by atoms with Crippen molar-refractivity contribution < 1.29 is 14.6 Å². The normalized spacial score (nSPS) is 9.88. The van der Waals surface area contributed by atoms with Gasteiger partial charge in [-0.1, -0.05) is 19.1 Å². The molecule has 0 spiro atoms. The molecular weight excluding hydrogens is 206 g/mol. The summed E-state index contributed by atoms with van der Waals surface area (Å²) in [5.74, 6) is 0.887. The summed E-state index contributed by atoms with van der Waals surface area (Å²) in [6, 6.07) is 5.94. The lowest BCUT2D eigenvalue weighted by molar-refractivity contribution is 0.194. The molecule has 0 bridgehead atoms. The summed E-state index contributed by atoms with van der Waals surface area (Å²) < 4.78 is 5.22. The molecule has 0 aliphatic carbocycles. The van der Waals surface area contributed by atoms with Crippen LogP contribution < -0.4 is 10.1 Å². The number of nitrogens with one attached hydrogen (secondary N) is 1. The number of benzene rings is 1. The highest BCUT2D eigenvalue weighted by atomic mass is 16.5. The molecule has 4 nitrogen and oxygen atoms in total. The van der Waals surface area contributed by atoms with Crippen molar-refractivity contribution in [1.82, 2.24) is 5.32 Å². The predicted octanol–water partition coefficient (Wildman–Crippen LogP) is 2.07. The largest absolute Gasteiger partial charge is 0.496 e. The predicted molar refractivity (Wildman–Crippen MR) is 62.1 cm³/mol. The molecule has 0 heterocycles. The third-order valence-electron chi connectivity index (χ3n) is 2.42. The van der Waals surface area contributed by atoms with Gasteiger partial charge >= 0.3 is 6.09 Å². The number of rotatable bonds is 5. The SMILES string of the molecule is CCc1cc(CCNC(=O)O)ccc1OC. The Morgan fingerprint density at radius 3 is 2.81 bits per heavy atom. The lowest BCUT2D eigenvalue weighted by Gasteiger charge is -2.09. The molecule has 16 heavy (non-hydrogen) atoms. The zero-order valence-corrected chi connectivity index (χ0v) is 9.62. The number of carboxylic acid groups (broad SMARTS) is 1. The first-order valence-corrected chi connectivity index (χ1v) is 5.30. The van der Waals surface area contributed by atoms with Crippen LogP contribution >= 0.6 is 0 Å². The molecule has 0 aliphatic heterocycles. The summed E-state index contributed by atoms with van der Waals surface area (Å²) >= 11 is 0. The Morgan fingerprint density at radius 2 is 2.25 bits per heavy atom. The van der Waals surface area contributed by atoms with E-state index in [4.69, 9.17) is 9.84 Å². The number of aryl methyl sites for hydroxylation is 1. The van der Waals surface area contributed by atoms with E-state index in [1.54, 1.807) is 7.11 Å². The molecule has 2 N–H and O–H groups in total. The minimum Gasteiger partial charge on any atom is -0.496 e. The molecule has 0 saturated carbocycles. The minimum absolute atomic E-state index is 0.435. The number of ether oxygens (including phenoxy) is 1. The third kappa shape index (κ3) is 3.46. The van der Waals surface area contributed by atoms with Gasteiger partial charge in [0.05, 0.1) is 7.11 Å². The van der Waals surface area contributed by atoms with Gasteiger partial charge in [0, 0.05) is 6.54 Å². The van der Waals surface area contributed by atoms with E-state index >= 15 is 0 Å². The summed E-state index contributed by atoms with van der Waals surface area (Å²) in [6.45, 7) is 2.50. The Labute approximate surface area is 95.2 Å². The Balaban J connectivity index is 2.64. The first-order valence-electron chi connectivity index (χ1n) is 5.30. The summed E-state index contributed by atoms with van der Waals surface area (Å²) in [4.78, 5) is 10.3. The van der Waals surface area contributed by atoms with Crippen molar-refractivity contribution in [3.63, 3.8) is 0 Å². The van der Waals surface area contributed by atoms with Gasteiger partial charge in [0.1, 0.15) is 5.75 Å². The lowest BCUT2D eigenvalue weighted by Crippen LogP contribution is -2.23. The summed E-state index contributed by atoms with van der Waals surface area (Å²) in [5.41, 5.74) is 2.27. The van der Waals surface area contributed by atoms with Gasteiger partial charge in [-0.05, 0) is 30.0 Å². The summed E-state index contributed by atoms with van der Waals surface area (Å²) in [6.07, 6.45) is 0.622. The van der Waals surface area contributed by atoms with Crippen LogP contribution in [0.2, 0.25) is 0 Å². The Bertz CT molecular complexity index is 363. The fraction of sp³-hybridized carbons (Fsp3) is 0.417. The average Bonchev–Trinajstić information content (AvgIpc) is 2.28. The van der Waals surface area contributed by atoms with Crippen molar-refractivity contribution in [2.75, 3.05) is 13.7 Å². The minimum atomic E-state index is -0.982. The van der Waals surface area contributed by atoms with Gasteiger partial charge in [-0.3, -0.25) is 0 Å². The second-order valence-electron chi connectivity index (χ2n) is 3.48. The number of amides is 1. The first-order chi connectivity index (χ1) is 7.67. The molecular formula is C12H17NO3. The average molecular weight is 223 g/mol. The van der Waals surface area contributed by atoms with Crippen LogP contribution in [0.25, 0.3) is 0 Å². The number of hydrogen-bond donors (Lipinski definition) is 2. The first kappa shape index (κ1) is 12.4. The van der Waals surface area contributed by atoms with E-state index in [0.717, 1.165) is 23.3 Å². The highest BCUT2D eigenvalue weighted by Crippen LogP contribution is 2.20. The van der Waals surface area contributed by atoms with Crippen molar-refractivity contribution in [2.45, 2.75) is 19.8 Å². The van der Waals surface area contributed by atoms with Gasteiger partial charge in [0.2, 0.25) is 0 Å². The molecule has 0 atom stereocenters. The van der Waals surface area contributed by atoms with Crippen molar-refractivity contribution in [1.29, 1.82) is 0 Å². The zero-order chi connectivity index (χ0) is 12.0. The Kier molecular flexibility index (Phi) is 4.64. The maximum absolute atomic E-state index is 10.3. The van der Waals surface area contributed by atoms with Crippen molar-refractivity contribution in [3.05, 3.63) is 29.3 Å². The van der Waals surface area contributed by atoms with Gasteiger partial charge in [-0.25, -0.2) is 4.79 Å². The van der Waals surface area contributed by atoms with Gasteiger partial charge in [-0.2, -0.15) is 0 Å². The zero-order valence-electron chi connectivity index (χ0n) is 9.62. The lowest BCUT2D eigenvalue weighted by atomic mass is 10.1. The number of methoxy groups -OCH3 is 1. The molecule has 0 aliphatic rings. The smallest absolute Gasteiger partial charge is 0.404 e. The molecule has 1 amide bonds. The van der Waals surface area contributed by atoms with Crippen LogP contribution in [0, 0.1) is 0 Å². The second kappa shape index (κ2) is 6.00. The van der Waals surface area contributed by atoms with Gasteiger partial charge in [0.25, 0.3) is 0 Å². The Morgan fingerprint density at radius 1 is 1.50 bits per heavy atom. The monoisotopic (exact) mass is 223 g/mol. The van der Waals surface area contributed by atoms with E-state index in [1.807, 2.05) is 12.1 Å². The highest BCUT2D eigenvalue weighted by Gasteiger charge is 2.03. The van der Waals surface area contributed by atoms with E-state index in [2.05, 4.69) is 18.3 Å². The molecule has 0 saturated heterocycles. The Hall–Kier alpha value is -1.71. The van der Waals surface area contributed by atoms with Gasteiger partial charge in [0.15, 0.2) is 0 Å². The molecule has 0 radical (unpaired) electrons. The summed E-state index contributed by atoms with van der Waals surface area (Å²) in [5, 5.41) is 10.8. The van der Waals surface area contributed by atoms with E-state index in [0.29, 0.717) is 13.0 Å². The standard InChI is InChI=1S/C12H17NO3/c1-3-10-8-9(4-5-11(10)16-2)6-7-13-12(14)15/h4-5,8,13H,3,6-7H2,1-2H3,(H,14,15). The molecule has 4 heteroatoms. The highest BCUT2D eigenvalue weighted by molar-refractivity contribution is 5.64. The van der Waals surface area contributed by atoms with Gasteiger partial charge in [-0.15, -0.1) is 0 Å². The third-order valence-corrected chi connectivity index (χ3v) is 2.42. The van der Waals surface area contributed by atoms with Crippen molar-refractivity contribution in [3.8, 4) is 5.75 Å². The van der Waals surface area contributed by atoms with Crippen molar-refractivity contribution >= 4 is 6.09 Å². The van der Waals surface area contributed by atoms with Crippen LogP contribution in [0.1, 0.15) is 18.1 Å². The maximum Gasteiger partial charge on any atom is 0.404 e. The molecule has 0 fully saturated rings. The molecule has 1 rings (SSSR count). The van der Waals surface area contributed by atoms with E-state index in [-0.39, 0.29) is 0 Å². The van der Waals surface area contributed by atoms with Crippen LogP contribution in [0.3, 0.4) is 0 Å². The van der Waals surface area contributed by atoms with Crippen LogP contribution in [-0.2, 0) is 12.8 Å². The number of carbonyl (C=O) groups is 1. The van der Waals surface area contributed by atoms with Crippen molar-refractivity contribution in [2.24, 2.45) is 0 Å². The fourth-order valence-electron chi connectivity index (χ4n) is 1.58. The molecule has 88 valence electrons. The molecule has 0 aromatic heterocycles. The summed E-state index contributed by atoms with van der Waals surface area (Å²) in [7, 11) is 1.65. The van der Waals surface area contributed by atoms with E-state index in [9.17, 15) is 4.79 Å². The maximum atomic E-state index is 10.3. The van der Waals surface area contributed by atoms with Crippen LogP contribution in [0.5, 0.6) is 5.75 Å². The van der Waals surface area contributed by atoms with Crippen LogP contribution in [-0.4, -0.2) is 24.9 Å². The van der Waals surface area contributed by atoms with Crippen LogP contribution in [0.4, 0.5) is 4.79 Å².